The molecule has 2 N–H and O–H groups in total. The van der Waals surface area contributed by atoms with Crippen LogP contribution in [0, 0.1) is 13.5 Å². The molecule has 1 saturated carbocycles. The van der Waals surface area contributed by atoms with E-state index in [1.54, 1.807) is 12.1 Å². The van der Waals surface area contributed by atoms with Gasteiger partial charge in [-0.15, -0.1) is 0 Å². The molecule has 0 amide bonds. The zero-order valence-corrected chi connectivity index (χ0v) is 16.5. The third-order valence-electron chi connectivity index (χ3n) is 5.46. The van der Waals surface area contributed by atoms with Crippen molar-refractivity contribution in [1.82, 2.24) is 9.97 Å². The molecule has 0 aliphatic heterocycles. The van der Waals surface area contributed by atoms with Crippen LogP contribution in [-0.4, -0.2) is 15.1 Å². The van der Waals surface area contributed by atoms with E-state index >= 15 is 0 Å². The quantitative estimate of drug-likeness (QED) is 0.504. The van der Waals surface area contributed by atoms with Crippen LogP contribution in [0.15, 0.2) is 48.5 Å². The third kappa shape index (κ3) is 4.22. The van der Waals surface area contributed by atoms with Crippen molar-refractivity contribution < 1.29 is 5.11 Å². The number of benzene rings is 2. The molecule has 0 unspecified atom stereocenters. The maximum Gasteiger partial charge on any atom is 0.187 e. The van der Waals surface area contributed by atoms with Gasteiger partial charge in [-0.3, -0.25) is 0 Å². The van der Waals surface area contributed by atoms with Crippen molar-refractivity contribution in [2.24, 2.45) is 0 Å². The summed E-state index contributed by atoms with van der Waals surface area (Å²) < 4.78 is 0. The maximum atomic E-state index is 11.0. The Labute approximate surface area is 171 Å². The molecule has 29 heavy (non-hydrogen) atoms. The number of hydrogen-bond acceptors (Lipinski definition) is 4. The first-order valence-electron chi connectivity index (χ1n) is 10.1. The van der Waals surface area contributed by atoms with Crippen molar-refractivity contribution >= 4 is 17.2 Å². The molecule has 0 saturated heterocycles. The van der Waals surface area contributed by atoms with Crippen LogP contribution in [0.3, 0.4) is 0 Å². The lowest BCUT2D eigenvalue weighted by Crippen LogP contribution is -2.11. The SMILES string of the molecule is [C-]#[N+]c1ccc(Nc2nc(C3CCCCC3)nc(-c3ccc(C)cc3)c2O)cc1. The summed E-state index contributed by atoms with van der Waals surface area (Å²) in [7, 11) is 0. The monoisotopic (exact) mass is 384 g/mol. The van der Waals surface area contributed by atoms with Gasteiger partial charge in [0.15, 0.2) is 17.3 Å². The minimum atomic E-state index is 0.0441. The summed E-state index contributed by atoms with van der Waals surface area (Å²) in [5.41, 5.74) is 3.94. The van der Waals surface area contributed by atoms with Crippen LogP contribution in [0.4, 0.5) is 17.2 Å². The molecule has 5 nitrogen and oxygen atoms in total. The molecule has 1 aromatic heterocycles. The molecule has 0 spiro atoms. The zero-order chi connectivity index (χ0) is 20.2. The number of nitrogens with zero attached hydrogens (tertiary/aromatic N) is 3. The minimum Gasteiger partial charge on any atom is -0.503 e. The number of nitrogens with one attached hydrogen (secondary N) is 1. The first-order valence-corrected chi connectivity index (χ1v) is 10.1. The van der Waals surface area contributed by atoms with Gasteiger partial charge in [-0.1, -0.05) is 61.2 Å². The highest BCUT2D eigenvalue weighted by atomic mass is 16.3. The summed E-state index contributed by atoms with van der Waals surface area (Å²) in [5, 5.41) is 14.2. The smallest absolute Gasteiger partial charge is 0.187 e. The fourth-order valence-corrected chi connectivity index (χ4v) is 3.77. The molecular formula is C24H24N4O. The van der Waals surface area contributed by atoms with Gasteiger partial charge in [-0.05, 0) is 31.9 Å². The van der Waals surface area contributed by atoms with E-state index in [0.717, 1.165) is 35.5 Å². The molecule has 0 radical (unpaired) electrons. The highest BCUT2D eigenvalue weighted by molar-refractivity contribution is 5.75. The summed E-state index contributed by atoms with van der Waals surface area (Å²) in [6.45, 7) is 9.13. The molecule has 3 aromatic rings. The van der Waals surface area contributed by atoms with Gasteiger partial charge in [0.05, 0.1) is 6.57 Å². The molecule has 1 fully saturated rings. The molecule has 0 atom stereocenters. The lowest BCUT2D eigenvalue weighted by atomic mass is 9.88. The van der Waals surface area contributed by atoms with Crippen molar-refractivity contribution in [1.29, 1.82) is 0 Å². The van der Waals surface area contributed by atoms with Crippen LogP contribution in [0.25, 0.3) is 16.1 Å². The highest BCUT2D eigenvalue weighted by Gasteiger charge is 2.23. The Hall–Kier alpha value is -3.39. The van der Waals surface area contributed by atoms with Gasteiger partial charge in [0.2, 0.25) is 0 Å². The molecule has 5 heteroatoms. The van der Waals surface area contributed by atoms with Crippen molar-refractivity contribution in [2.75, 3.05) is 5.32 Å². The standard InChI is InChI=1S/C24H24N4O/c1-16-8-10-17(11-9-16)21-22(29)24(26-20-14-12-19(25-2)13-15-20)28-23(27-21)18-6-4-3-5-7-18/h8-15,18,29H,3-7H2,1H3,(H,26,27,28). The van der Waals surface area contributed by atoms with Gasteiger partial charge in [0, 0.05) is 17.2 Å². The maximum absolute atomic E-state index is 11.0. The second-order valence-electron chi connectivity index (χ2n) is 7.61. The van der Waals surface area contributed by atoms with E-state index in [9.17, 15) is 5.11 Å². The second kappa shape index (κ2) is 8.32. The Morgan fingerprint density at radius 3 is 2.31 bits per heavy atom. The largest absolute Gasteiger partial charge is 0.503 e. The summed E-state index contributed by atoms with van der Waals surface area (Å²) in [4.78, 5) is 12.9. The van der Waals surface area contributed by atoms with Crippen LogP contribution in [0.5, 0.6) is 5.75 Å². The van der Waals surface area contributed by atoms with Crippen LogP contribution in [-0.2, 0) is 0 Å². The molecule has 0 bridgehead atoms. The van der Waals surface area contributed by atoms with Crippen LogP contribution in [0.1, 0.15) is 49.4 Å². The number of aromatic hydroxyl groups is 1. The number of aryl methyl sites for hydroxylation is 1. The topological polar surface area (TPSA) is 62.4 Å². The van der Waals surface area contributed by atoms with Gasteiger partial charge in [-0.25, -0.2) is 14.8 Å². The molecular weight excluding hydrogens is 360 g/mol. The Bertz CT molecular complexity index is 1030. The highest BCUT2D eigenvalue weighted by Crippen LogP contribution is 2.38. The predicted octanol–water partition coefficient (Wildman–Crippen LogP) is 6.50. The summed E-state index contributed by atoms with van der Waals surface area (Å²) in [5.74, 6) is 1.56. The molecule has 4 rings (SSSR count). The Balaban J connectivity index is 1.76. The first kappa shape index (κ1) is 18.9. The third-order valence-corrected chi connectivity index (χ3v) is 5.46. The molecule has 146 valence electrons. The molecule has 1 aliphatic rings. The fourth-order valence-electron chi connectivity index (χ4n) is 3.77. The van der Waals surface area contributed by atoms with Gasteiger partial charge < -0.3 is 10.4 Å². The summed E-state index contributed by atoms with van der Waals surface area (Å²) in [6.07, 6.45) is 5.80. The summed E-state index contributed by atoms with van der Waals surface area (Å²) >= 11 is 0. The van der Waals surface area contributed by atoms with E-state index in [0.29, 0.717) is 23.1 Å². The summed E-state index contributed by atoms with van der Waals surface area (Å²) in [6, 6.07) is 15.1. The number of anilines is 2. The normalized spacial score (nSPS) is 14.3. The van der Waals surface area contributed by atoms with Crippen LogP contribution < -0.4 is 5.32 Å². The van der Waals surface area contributed by atoms with E-state index < -0.39 is 0 Å². The van der Waals surface area contributed by atoms with Crippen LogP contribution >= 0.6 is 0 Å². The van der Waals surface area contributed by atoms with E-state index in [4.69, 9.17) is 16.5 Å². The molecule has 1 aliphatic carbocycles. The van der Waals surface area contributed by atoms with Gasteiger partial charge >= 0.3 is 0 Å². The van der Waals surface area contributed by atoms with E-state index in [2.05, 4.69) is 10.2 Å². The fraction of sp³-hybridized carbons (Fsp3) is 0.292. The number of hydrogen-bond donors (Lipinski definition) is 2. The van der Waals surface area contributed by atoms with E-state index in [-0.39, 0.29) is 5.75 Å². The first-order chi connectivity index (χ1) is 14.1. The number of rotatable bonds is 4. The van der Waals surface area contributed by atoms with Crippen LogP contribution in [0.2, 0.25) is 0 Å². The van der Waals surface area contributed by atoms with Gasteiger partial charge in [0.25, 0.3) is 0 Å². The van der Waals surface area contributed by atoms with Crippen molar-refractivity contribution in [3.63, 3.8) is 0 Å². The Kier molecular flexibility index (Phi) is 5.44. The molecule has 1 heterocycles. The van der Waals surface area contributed by atoms with E-state index in [1.165, 1.54) is 19.3 Å². The van der Waals surface area contributed by atoms with Crippen molar-refractivity contribution in [3.05, 3.63) is 71.3 Å². The van der Waals surface area contributed by atoms with E-state index in [1.807, 2.05) is 43.3 Å². The number of aromatic nitrogens is 2. The molecule has 2 aromatic carbocycles. The Morgan fingerprint density at radius 2 is 1.66 bits per heavy atom. The lowest BCUT2D eigenvalue weighted by molar-refractivity contribution is 0.425. The zero-order valence-electron chi connectivity index (χ0n) is 16.5. The average molecular weight is 384 g/mol. The predicted molar refractivity (Wildman–Crippen MR) is 116 cm³/mol. The van der Waals surface area contributed by atoms with Crippen molar-refractivity contribution in [2.45, 2.75) is 44.9 Å². The Morgan fingerprint density at radius 1 is 0.966 bits per heavy atom. The average Bonchev–Trinajstić information content (AvgIpc) is 2.77. The minimum absolute atomic E-state index is 0.0441. The lowest BCUT2D eigenvalue weighted by Gasteiger charge is -2.22. The van der Waals surface area contributed by atoms with Crippen molar-refractivity contribution in [3.8, 4) is 17.0 Å². The second-order valence-corrected chi connectivity index (χ2v) is 7.61. The van der Waals surface area contributed by atoms with Gasteiger partial charge in [0.1, 0.15) is 11.5 Å². The van der Waals surface area contributed by atoms with Gasteiger partial charge in [-0.2, -0.15) is 0 Å².